The van der Waals surface area contributed by atoms with E-state index in [9.17, 15) is 0 Å². The molecule has 0 N–H and O–H groups in total. The lowest BCUT2D eigenvalue weighted by atomic mass is 10.1. The molecule has 3 rings (SSSR count). The number of para-hydroxylation sites is 2. The molecular weight excluding hydrogens is 292 g/mol. The maximum Gasteiger partial charge on any atom is 0.0496 e. The maximum atomic E-state index is 2.43. The lowest BCUT2D eigenvalue weighted by molar-refractivity contribution is 0.219. The van der Waals surface area contributed by atoms with Gasteiger partial charge in [0.1, 0.15) is 0 Å². The van der Waals surface area contributed by atoms with E-state index in [1.165, 1.54) is 21.8 Å². The third kappa shape index (κ3) is 3.81. The predicted octanol–water partition coefficient (Wildman–Crippen LogP) is 5.90. The van der Waals surface area contributed by atoms with Crippen molar-refractivity contribution >= 4 is 21.8 Å². The van der Waals surface area contributed by atoms with Gasteiger partial charge in [-0.15, -0.1) is 0 Å². The number of aromatic nitrogens is 1. The first-order chi connectivity index (χ1) is 11.0. The van der Waals surface area contributed by atoms with E-state index < -0.39 is 0 Å². The van der Waals surface area contributed by atoms with Gasteiger partial charge >= 0.3 is 0 Å². The van der Waals surface area contributed by atoms with Crippen LogP contribution < -0.4 is 0 Å². The fraction of sp³-hybridized carbons (Fsp3) is 0.455. The molecule has 130 valence electrons. The summed E-state index contributed by atoms with van der Waals surface area (Å²) >= 11 is 0. The van der Waals surface area contributed by atoms with Crippen LogP contribution in [0.25, 0.3) is 21.8 Å². The smallest absolute Gasteiger partial charge is 0.0496 e. The summed E-state index contributed by atoms with van der Waals surface area (Å²) in [4.78, 5) is 2.19. The predicted molar refractivity (Wildman–Crippen MR) is 108 cm³/mol. The lowest BCUT2D eigenvalue weighted by Crippen LogP contribution is -2.34. The third-order valence-corrected chi connectivity index (χ3v) is 4.59. The summed E-state index contributed by atoms with van der Waals surface area (Å²) in [5.74, 6) is 0. The third-order valence-electron chi connectivity index (χ3n) is 4.59. The number of fused-ring (bicyclic) bond motifs is 3. The van der Waals surface area contributed by atoms with Crippen LogP contribution in [0.4, 0.5) is 0 Å². The van der Waals surface area contributed by atoms with Gasteiger partial charge in [-0.3, -0.25) is 0 Å². The molecule has 0 fully saturated rings. The Labute approximate surface area is 147 Å². The van der Waals surface area contributed by atoms with E-state index in [1.54, 1.807) is 0 Å². The summed E-state index contributed by atoms with van der Waals surface area (Å²) < 4.78 is 2.43. The molecule has 0 spiro atoms. The van der Waals surface area contributed by atoms with Crippen LogP contribution in [-0.2, 0) is 5.54 Å². The van der Waals surface area contributed by atoms with Crippen molar-refractivity contribution < 1.29 is 0 Å². The van der Waals surface area contributed by atoms with Gasteiger partial charge in [-0.05, 0) is 67.8 Å². The minimum atomic E-state index is 0.0999. The molecule has 0 aliphatic carbocycles. The van der Waals surface area contributed by atoms with E-state index in [0.29, 0.717) is 5.54 Å². The van der Waals surface area contributed by atoms with Crippen molar-refractivity contribution in [1.82, 2.24) is 9.47 Å². The second kappa shape index (κ2) is 6.60. The first kappa shape index (κ1) is 18.5. The van der Waals surface area contributed by atoms with E-state index in [-0.39, 0.29) is 5.54 Å². The molecule has 0 unspecified atom stereocenters. The summed E-state index contributed by atoms with van der Waals surface area (Å²) in [6.45, 7) is 13.3. The highest BCUT2D eigenvalue weighted by molar-refractivity contribution is 6.08. The molecule has 0 atom stereocenters. The second-order valence-corrected chi connectivity index (χ2v) is 8.61. The average Bonchev–Trinajstić information content (AvgIpc) is 2.81. The first-order valence-corrected chi connectivity index (χ1v) is 8.69. The van der Waals surface area contributed by atoms with Crippen molar-refractivity contribution in [2.24, 2.45) is 0 Å². The van der Waals surface area contributed by atoms with Crippen LogP contribution in [0.15, 0.2) is 48.5 Å². The van der Waals surface area contributed by atoms with Gasteiger partial charge in [0.15, 0.2) is 0 Å². The maximum absolute atomic E-state index is 2.43. The summed E-state index contributed by atoms with van der Waals surface area (Å²) in [5, 5.41) is 2.69. The van der Waals surface area contributed by atoms with E-state index in [4.69, 9.17) is 0 Å². The lowest BCUT2D eigenvalue weighted by Gasteiger charge is -2.27. The molecule has 0 aliphatic heterocycles. The van der Waals surface area contributed by atoms with Crippen LogP contribution in [-0.4, -0.2) is 29.1 Å². The van der Waals surface area contributed by atoms with Crippen molar-refractivity contribution in [3.63, 3.8) is 0 Å². The van der Waals surface area contributed by atoms with Crippen molar-refractivity contribution in [1.29, 1.82) is 0 Å². The molecule has 3 aromatic rings. The molecule has 1 aromatic heterocycles. The summed E-state index contributed by atoms with van der Waals surface area (Å²) in [5.41, 5.74) is 3.07. The van der Waals surface area contributed by atoms with Gasteiger partial charge in [-0.25, -0.2) is 0 Å². The molecule has 0 amide bonds. The van der Waals surface area contributed by atoms with Gasteiger partial charge in [0.25, 0.3) is 0 Å². The fourth-order valence-electron chi connectivity index (χ4n) is 2.65. The van der Waals surface area contributed by atoms with Gasteiger partial charge in [0.2, 0.25) is 0 Å². The molecule has 1 heterocycles. The van der Waals surface area contributed by atoms with Gasteiger partial charge in [-0.1, -0.05) is 36.4 Å². The van der Waals surface area contributed by atoms with Crippen LogP contribution in [0.2, 0.25) is 0 Å². The van der Waals surface area contributed by atoms with Crippen LogP contribution in [0.5, 0.6) is 0 Å². The van der Waals surface area contributed by atoms with Gasteiger partial charge in [0.05, 0.1) is 0 Å². The largest absolute Gasteiger partial charge is 0.335 e. The zero-order valence-corrected chi connectivity index (χ0v) is 16.5. The summed E-state index contributed by atoms with van der Waals surface area (Å²) in [7, 11) is 4.17. The Hall–Kier alpha value is -1.80. The number of rotatable bonds is 0. The molecule has 0 aliphatic rings. The molecule has 24 heavy (non-hydrogen) atoms. The van der Waals surface area contributed by atoms with E-state index in [1.807, 2.05) is 0 Å². The minimum Gasteiger partial charge on any atom is -0.335 e. The zero-order chi connectivity index (χ0) is 18.1. The number of benzene rings is 2. The van der Waals surface area contributed by atoms with Crippen LogP contribution in [0.3, 0.4) is 0 Å². The average molecular weight is 325 g/mol. The topological polar surface area (TPSA) is 8.17 Å². The fourth-order valence-corrected chi connectivity index (χ4v) is 2.65. The summed E-state index contributed by atoms with van der Waals surface area (Å²) in [6.07, 6.45) is 0. The molecule has 0 bridgehead atoms. The Morgan fingerprint density at radius 1 is 0.667 bits per heavy atom. The first-order valence-electron chi connectivity index (χ1n) is 8.69. The molecule has 0 radical (unpaired) electrons. The minimum absolute atomic E-state index is 0.0999. The molecule has 2 aromatic carbocycles. The molecular formula is C22H32N2. The zero-order valence-electron chi connectivity index (χ0n) is 16.5. The molecule has 0 saturated heterocycles. The Balaban J connectivity index is 0.000000256. The Morgan fingerprint density at radius 2 is 1.00 bits per heavy atom. The van der Waals surface area contributed by atoms with E-state index >= 15 is 0 Å². The monoisotopic (exact) mass is 324 g/mol. The van der Waals surface area contributed by atoms with Crippen LogP contribution >= 0.6 is 0 Å². The van der Waals surface area contributed by atoms with E-state index in [0.717, 1.165) is 0 Å². The van der Waals surface area contributed by atoms with Crippen LogP contribution in [0, 0.1) is 0 Å². The highest BCUT2D eigenvalue weighted by Crippen LogP contribution is 2.33. The number of nitrogens with zero attached hydrogens (tertiary/aromatic N) is 2. The Bertz CT molecular complexity index is 758. The Morgan fingerprint density at radius 3 is 1.29 bits per heavy atom. The number of hydrogen-bond acceptors (Lipinski definition) is 1. The number of hydrogen-bond donors (Lipinski definition) is 0. The second-order valence-electron chi connectivity index (χ2n) is 8.61. The van der Waals surface area contributed by atoms with Gasteiger partial charge in [-0.2, -0.15) is 0 Å². The van der Waals surface area contributed by atoms with Crippen molar-refractivity contribution in [2.75, 3.05) is 14.1 Å². The quantitative estimate of drug-likeness (QED) is 0.500. The highest BCUT2D eigenvalue weighted by atomic mass is 15.1. The molecule has 2 heteroatoms. The van der Waals surface area contributed by atoms with Crippen molar-refractivity contribution in [2.45, 2.75) is 52.6 Å². The van der Waals surface area contributed by atoms with Crippen LogP contribution in [0.1, 0.15) is 41.5 Å². The van der Waals surface area contributed by atoms with Crippen molar-refractivity contribution in [3.05, 3.63) is 48.5 Å². The normalized spacial score (nSPS) is 12.5. The van der Waals surface area contributed by atoms with Gasteiger partial charge < -0.3 is 9.47 Å². The van der Waals surface area contributed by atoms with Crippen molar-refractivity contribution in [3.8, 4) is 0 Å². The summed E-state index contributed by atoms with van der Waals surface area (Å²) in [6, 6.07) is 17.3. The highest BCUT2D eigenvalue weighted by Gasteiger charge is 2.19. The Kier molecular flexibility index (Phi) is 5.10. The standard InChI is InChI=1S/C16H17N.C6H15N/c1-16(2,3)17-14-10-6-4-8-12(14)13-9-5-7-11-15(13)17;1-6(2,3)7(4)5/h4-11H,1-3H3;1-5H3. The molecule has 2 nitrogen and oxygen atoms in total. The van der Waals surface area contributed by atoms with E-state index in [2.05, 4.69) is 114 Å². The molecule has 0 saturated carbocycles. The SMILES string of the molecule is CC(C)(C)n1c2ccccc2c2ccccc21.CN(C)C(C)(C)C. The van der Waals surface area contributed by atoms with Gasteiger partial charge in [0, 0.05) is 32.9 Å².